The summed E-state index contributed by atoms with van der Waals surface area (Å²) in [5, 5.41) is 0. The number of aryl methyl sites for hydroxylation is 1. The van der Waals surface area contributed by atoms with E-state index in [4.69, 9.17) is 0 Å². The zero-order chi connectivity index (χ0) is 12.4. The number of rotatable bonds is 2. The van der Waals surface area contributed by atoms with Crippen LogP contribution in [-0.2, 0) is 0 Å². The minimum Gasteiger partial charge on any atom is -0.288 e. The zero-order valence-corrected chi connectivity index (χ0v) is 9.21. The summed E-state index contributed by atoms with van der Waals surface area (Å²) in [7, 11) is 0. The Morgan fingerprint density at radius 3 is 2.18 bits per heavy atom. The number of ketones is 1. The molecule has 86 valence electrons. The summed E-state index contributed by atoms with van der Waals surface area (Å²) in [5.74, 6) is -2.31. The van der Waals surface area contributed by atoms with Gasteiger partial charge in [-0.25, -0.2) is 8.78 Å². The molecular weight excluding hydrogens is 222 g/mol. The molecule has 0 radical (unpaired) electrons. The first-order chi connectivity index (χ1) is 8.09. The predicted molar refractivity (Wildman–Crippen MR) is 61.0 cm³/mol. The van der Waals surface area contributed by atoms with E-state index in [0.717, 1.165) is 17.7 Å². The highest BCUT2D eigenvalue weighted by atomic mass is 19.1. The third kappa shape index (κ3) is 2.23. The Labute approximate surface area is 97.7 Å². The number of carbonyl (C=O) groups is 1. The van der Waals surface area contributed by atoms with Crippen LogP contribution in [0.4, 0.5) is 8.78 Å². The molecule has 17 heavy (non-hydrogen) atoms. The van der Waals surface area contributed by atoms with Gasteiger partial charge in [-0.15, -0.1) is 0 Å². The molecule has 0 aliphatic carbocycles. The fourth-order valence-corrected chi connectivity index (χ4v) is 1.65. The second-order valence-electron chi connectivity index (χ2n) is 3.80. The maximum atomic E-state index is 13.4. The van der Waals surface area contributed by atoms with Crippen LogP contribution in [0, 0.1) is 18.6 Å². The molecule has 0 saturated heterocycles. The molecule has 0 bridgehead atoms. The van der Waals surface area contributed by atoms with E-state index in [9.17, 15) is 13.6 Å². The zero-order valence-electron chi connectivity index (χ0n) is 9.21. The standard InChI is InChI=1S/C14H10F2O/c1-9-4-2-5-10(8-9)14(17)13-11(15)6-3-7-12(13)16/h2-8H,1H3. The molecule has 0 aliphatic heterocycles. The summed E-state index contributed by atoms with van der Waals surface area (Å²) in [4.78, 5) is 12.0. The number of carbonyl (C=O) groups excluding carboxylic acids is 1. The van der Waals surface area contributed by atoms with Gasteiger partial charge in [0, 0.05) is 5.56 Å². The molecular formula is C14H10F2O. The topological polar surface area (TPSA) is 17.1 Å². The van der Waals surface area contributed by atoms with Crippen LogP contribution in [-0.4, -0.2) is 5.78 Å². The molecule has 0 spiro atoms. The average molecular weight is 232 g/mol. The van der Waals surface area contributed by atoms with E-state index in [1.165, 1.54) is 6.07 Å². The average Bonchev–Trinajstić information content (AvgIpc) is 2.28. The lowest BCUT2D eigenvalue weighted by Gasteiger charge is -2.04. The van der Waals surface area contributed by atoms with Crippen molar-refractivity contribution >= 4 is 5.78 Å². The third-order valence-electron chi connectivity index (χ3n) is 2.47. The van der Waals surface area contributed by atoms with E-state index in [1.54, 1.807) is 18.2 Å². The molecule has 3 heteroatoms. The van der Waals surface area contributed by atoms with Crippen molar-refractivity contribution in [2.75, 3.05) is 0 Å². The van der Waals surface area contributed by atoms with Gasteiger partial charge in [0.05, 0.1) is 5.56 Å². The second kappa shape index (κ2) is 4.45. The number of halogens is 2. The summed E-state index contributed by atoms with van der Waals surface area (Å²) in [6.45, 7) is 1.81. The van der Waals surface area contributed by atoms with Crippen LogP contribution < -0.4 is 0 Å². The Morgan fingerprint density at radius 1 is 1.00 bits per heavy atom. The summed E-state index contributed by atoms with van der Waals surface area (Å²) in [6.07, 6.45) is 0. The molecule has 0 aliphatic rings. The number of benzene rings is 2. The maximum Gasteiger partial charge on any atom is 0.198 e. The molecule has 0 unspecified atom stereocenters. The van der Waals surface area contributed by atoms with Crippen LogP contribution in [0.25, 0.3) is 0 Å². The van der Waals surface area contributed by atoms with E-state index in [0.29, 0.717) is 0 Å². The van der Waals surface area contributed by atoms with Crippen molar-refractivity contribution in [2.24, 2.45) is 0 Å². The van der Waals surface area contributed by atoms with Gasteiger partial charge in [0.1, 0.15) is 11.6 Å². The lowest BCUT2D eigenvalue weighted by Crippen LogP contribution is -2.07. The Balaban J connectivity index is 2.51. The second-order valence-corrected chi connectivity index (χ2v) is 3.80. The lowest BCUT2D eigenvalue weighted by atomic mass is 10.0. The summed E-state index contributed by atoms with van der Waals surface area (Å²) in [5.41, 5.74) is 0.652. The van der Waals surface area contributed by atoms with Gasteiger partial charge in [-0.1, -0.05) is 29.8 Å². The SMILES string of the molecule is Cc1cccc(C(=O)c2c(F)cccc2F)c1. The maximum absolute atomic E-state index is 13.4. The Hall–Kier alpha value is -2.03. The fourth-order valence-electron chi connectivity index (χ4n) is 1.65. The Bertz CT molecular complexity index is 556. The van der Waals surface area contributed by atoms with E-state index in [2.05, 4.69) is 0 Å². The van der Waals surface area contributed by atoms with Crippen LogP contribution >= 0.6 is 0 Å². The first-order valence-electron chi connectivity index (χ1n) is 5.15. The van der Waals surface area contributed by atoms with Crippen molar-refractivity contribution in [3.8, 4) is 0 Å². The third-order valence-corrected chi connectivity index (χ3v) is 2.47. The molecule has 0 N–H and O–H groups in total. The van der Waals surface area contributed by atoms with E-state index < -0.39 is 23.0 Å². The highest BCUT2D eigenvalue weighted by molar-refractivity contribution is 6.09. The van der Waals surface area contributed by atoms with Gasteiger partial charge in [-0.2, -0.15) is 0 Å². The van der Waals surface area contributed by atoms with Gasteiger partial charge in [-0.3, -0.25) is 4.79 Å². The number of hydrogen-bond donors (Lipinski definition) is 0. The summed E-state index contributed by atoms with van der Waals surface area (Å²) >= 11 is 0. The van der Waals surface area contributed by atoms with Gasteiger partial charge in [0.2, 0.25) is 0 Å². The van der Waals surface area contributed by atoms with Crippen LogP contribution in [0.15, 0.2) is 42.5 Å². The molecule has 1 nitrogen and oxygen atoms in total. The summed E-state index contributed by atoms with van der Waals surface area (Å²) < 4.78 is 26.9. The predicted octanol–water partition coefficient (Wildman–Crippen LogP) is 3.50. The molecule has 0 fully saturated rings. The van der Waals surface area contributed by atoms with Gasteiger partial charge in [-0.05, 0) is 25.1 Å². The Kier molecular flexibility index (Phi) is 3.00. The van der Waals surface area contributed by atoms with Crippen molar-refractivity contribution < 1.29 is 13.6 Å². The first kappa shape index (κ1) is 11.5. The van der Waals surface area contributed by atoms with Crippen LogP contribution in [0.3, 0.4) is 0 Å². The molecule has 0 saturated carbocycles. The van der Waals surface area contributed by atoms with Crippen LogP contribution in [0.2, 0.25) is 0 Å². The molecule has 2 aromatic rings. The molecule has 0 aromatic heterocycles. The highest BCUT2D eigenvalue weighted by Gasteiger charge is 2.18. The van der Waals surface area contributed by atoms with E-state index in [1.807, 2.05) is 13.0 Å². The first-order valence-corrected chi connectivity index (χ1v) is 5.15. The molecule has 0 amide bonds. The van der Waals surface area contributed by atoms with Gasteiger partial charge >= 0.3 is 0 Å². The Morgan fingerprint density at radius 2 is 1.59 bits per heavy atom. The van der Waals surface area contributed by atoms with Gasteiger partial charge < -0.3 is 0 Å². The fraction of sp³-hybridized carbons (Fsp3) is 0.0714. The molecule has 0 heterocycles. The van der Waals surface area contributed by atoms with Crippen LogP contribution in [0.1, 0.15) is 21.5 Å². The monoisotopic (exact) mass is 232 g/mol. The summed E-state index contributed by atoms with van der Waals surface area (Å²) in [6, 6.07) is 10.0. The minimum absolute atomic E-state index is 0.286. The largest absolute Gasteiger partial charge is 0.288 e. The van der Waals surface area contributed by atoms with Crippen molar-refractivity contribution in [2.45, 2.75) is 6.92 Å². The molecule has 2 aromatic carbocycles. The molecule has 2 rings (SSSR count). The van der Waals surface area contributed by atoms with Crippen molar-refractivity contribution in [1.29, 1.82) is 0 Å². The van der Waals surface area contributed by atoms with Crippen LogP contribution in [0.5, 0.6) is 0 Å². The van der Waals surface area contributed by atoms with Gasteiger partial charge in [0.15, 0.2) is 5.78 Å². The number of hydrogen-bond acceptors (Lipinski definition) is 1. The molecule has 0 atom stereocenters. The van der Waals surface area contributed by atoms with Gasteiger partial charge in [0.25, 0.3) is 0 Å². The lowest BCUT2D eigenvalue weighted by molar-refractivity contribution is 0.103. The van der Waals surface area contributed by atoms with Crippen molar-refractivity contribution in [1.82, 2.24) is 0 Å². The smallest absolute Gasteiger partial charge is 0.198 e. The minimum atomic E-state index is -0.837. The van der Waals surface area contributed by atoms with E-state index in [-0.39, 0.29) is 5.56 Å². The van der Waals surface area contributed by atoms with E-state index >= 15 is 0 Å². The van der Waals surface area contributed by atoms with Crippen molar-refractivity contribution in [3.63, 3.8) is 0 Å². The quantitative estimate of drug-likeness (QED) is 0.724. The van der Waals surface area contributed by atoms with Crippen molar-refractivity contribution in [3.05, 3.63) is 70.8 Å². The highest BCUT2D eigenvalue weighted by Crippen LogP contribution is 2.17. The normalized spacial score (nSPS) is 10.3.